The number of anilines is 1. The van der Waals surface area contributed by atoms with Gasteiger partial charge in [0.15, 0.2) is 5.95 Å². The minimum Gasteiger partial charge on any atom is -0.369 e. The van der Waals surface area contributed by atoms with Gasteiger partial charge in [0.25, 0.3) is 0 Å². The van der Waals surface area contributed by atoms with Crippen molar-refractivity contribution in [3.8, 4) is 0 Å². The molecule has 0 saturated heterocycles. The molecule has 3 N–H and O–H groups in total. The number of halogens is 1. The fraction of sp³-hybridized carbons (Fsp3) is 0.850. The van der Waals surface area contributed by atoms with Gasteiger partial charge in [-0.15, -0.1) is 12.4 Å². The van der Waals surface area contributed by atoms with Crippen LogP contribution in [0.25, 0.3) is 0 Å². The summed E-state index contributed by atoms with van der Waals surface area (Å²) < 4.78 is 0. The van der Waals surface area contributed by atoms with Gasteiger partial charge < -0.3 is 10.7 Å². The van der Waals surface area contributed by atoms with Crippen molar-refractivity contribution in [1.82, 2.24) is 9.97 Å². The highest BCUT2D eigenvalue weighted by Gasteiger charge is 1.98. The first-order valence-corrected chi connectivity index (χ1v) is 10.1. The summed E-state index contributed by atoms with van der Waals surface area (Å²) in [5, 5.41) is 0. The molecule has 0 atom stereocenters. The van der Waals surface area contributed by atoms with Crippen LogP contribution in [0.5, 0.6) is 0 Å². The molecule has 0 spiro atoms. The Kier molecular flexibility index (Phi) is 16.6. The highest BCUT2D eigenvalue weighted by atomic mass is 35.5. The van der Waals surface area contributed by atoms with Crippen LogP contribution in [0.4, 0.5) is 5.95 Å². The van der Waals surface area contributed by atoms with Crippen molar-refractivity contribution in [2.75, 3.05) is 5.73 Å². The third-order valence-corrected chi connectivity index (χ3v) is 4.70. The lowest BCUT2D eigenvalue weighted by molar-refractivity contribution is 0.532. The van der Waals surface area contributed by atoms with E-state index in [-0.39, 0.29) is 12.4 Å². The Hall–Kier alpha value is -0.700. The van der Waals surface area contributed by atoms with E-state index < -0.39 is 0 Å². The van der Waals surface area contributed by atoms with E-state index in [2.05, 4.69) is 16.9 Å². The van der Waals surface area contributed by atoms with Gasteiger partial charge in [-0.2, -0.15) is 0 Å². The second-order valence-corrected chi connectivity index (χ2v) is 6.99. The predicted octanol–water partition coefficient (Wildman–Crippen LogP) is 6.83. The fourth-order valence-electron chi connectivity index (χ4n) is 3.19. The number of nitrogens with two attached hydrogens (primary N) is 1. The molecule has 3 nitrogen and oxygen atoms in total. The number of nitrogens with one attached hydrogen (secondary N) is 1. The van der Waals surface area contributed by atoms with Gasteiger partial charge in [-0.05, 0) is 12.8 Å². The SMILES string of the molecule is CCCCCCCCCCCCCCCCCc1cnc(N)[nH]1.Cl. The molecule has 1 aromatic rings. The Morgan fingerprint density at radius 3 is 1.54 bits per heavy atom. The molecule has 24 heavy (non-hydrogen) atoms. The van der Waals surface area contributed by atoms with E-state index in [1.807, 2.05) is 6.20 Å². The lowest BCUT2D eigenvalue weighted by atomic mass is 10.0. The molecule has 0 aliphatic heterocycles. The summed E-state index contributed by atoms with van der Waals surface area (Å²) in [6, 6.07) is 0. The molecule has 0 aliphatic carbocycles. The molecule has 0 amide bonds. The topological polar surface area (TPSA) is 54.7 Å². The highest BCUT2D eigenvalue weighted by molar-refractivity contribution is 5.85. The summed E-state index contributed by atoms with van der Waals surface area (Å²) in [6.45, 7) is 2.29. The third-order valence-electron chi connectivity index (χ3n) is 4.70. The molecule has 0 unspecified atom stereocenters. The molecule has 0 fully saturated rings. The van der Waals surface area contributed by atoms with Crippen molar-refractivity contribution >= 4 is 18.4 Å². The first-order valence-electron chi connectivity index (χ1n) is 10.1. The molecule has 0 saturated carbocycles. The number of nitrogens with zero attached hydrogens (tertiary/aromatic N) is 1. The van der Waals surface area contributed by atoms with E-state index in [9.17, 15) is 0 Å². The van der Waals surface area contributed by atoms with Crippen LogP contribution in [0.3, 0.4) is 0 Å². The highest BCUT2D eigenvalue weighted by Crippen LogP contribution is 2.14. The summed E-state index contributed by atoms with van der Waals surface area (Å²) in [4.78, 5) is 7.12. The minimum absolute atomic E-state index is 0. The van der Waals surface area contributed by atoms with Crippen LogP contribution in [0.15, 0.2) is 6.20 Å². The number of hydrogen-bond acceptors (Lipinski definition) is 2. The zero-order valence-electron chi connectivity index (χ0n) is 15.8. The van der Waals surface area contributed by atoms with E-state index in [4.69, 9.17) is 5.73 Å². The number of nitrogen functional groups attached to an aromatic ring is 1. The average Bonchev–Trinajstić information content (AvgIpc) is 2.96. The zero-order valence-corrected chi connectivity index (χ0v) is 16.6. The smallest absolute Gasteiger partial charge is 0.197 e. The molecule has 1 aromatic heterocycles. The van der Waals surface area contributed by atoms with Crippen molar-refractivity contribution in [3.63, 3.8) is 0 Å². The van der Waals surface area contributed by atoms with Crippen LogP contribution in [0.2, 0.25) is 0 Å². The van der Waals surface area contributed by atoms with E-state index >= 15 is 0 Å². The lowest BCUT2D eigenvalue weighted by Crippen LogP contribution is -1.89. The molecule has 142 valence electrons. The Morgan fingerprint density at radius 1 is 0.750 bits per heavy atom. The molecular weight excluding hydrogens is 318 g/mol. The van der Waals surface area contributed by atoms with Gasteiger partial charge in [-0.1, -0.05) is 96.8 Å². The second-order valence-electron chi connectivity index (χ2n) is 6.99. The normalized spacial score (nSPS) is 10.7. The van der Waals surface area contributed by atoms with Gasteiger partial charge in [0.1, 0.15) is 0 Å². The Labute approximate surface area is 156 Å². The third kappa shape index (κ3) is 13.7. The summed E-state index contributed by atoms with van der Waals surface area (Å²) in [5.74, 6) is 0.543. The van der Waals surface area contributed by atoms with Crippen LogP contribution in [-0.4, -0.2) is 9.97 Å². The van der Waals surface area contributed by atoms with Gasteiger partial charge in [0.05, 0.1) is 6.20 Å². The van der Waals surface area contributed by atoms with Crippen molar-refractivity contribution in [1.29, 1.82) is 0 Å². The van der Waals surface area contributed by atoms with Crippen molar-refractivity contribution < 1.29 is 0 Å². The summed E-state index contributed by atoms with van der Waals surface area (Å²) >= 11 is 0. The number of rotatable bonds is 16. The van der Waals surface area contributed by atoms with Crippen LogP contribution in [-0.2, 0) is 6.42 Å². The standard InChI is InChI=1S/C20H39N3.ClH/c1-2-3-4-5-6-7-8-9-10-11-12-13-14-15-16-17-19-18-22-20(21)23-19;/h18H,2-17H2,1H3,(H3,21,22,23);1H. The first kappa shape index (κ1) is 23.3. The second kappa shape index (κ2) is 17.1. The number of aromatic amines is 1. The molecule has 4 heteroatoms. The lowest BCUT2D eigenvalue weighted by Gasteiger charge is -2.03. The number of aromatic nitrogens is 2. The summed E-state index contributed by atoms with van der Waals surface area (Å²) in [6.07, 6.45) is 24.1. The summed E-state index contributed by atoms with van der Waals surface area (Å²) in [5.41, 5.74) is 6.75. The Morgan fingerprint density at radius 2 is 1.17 bits per heavy atom. The van der Waals surface area contributed by atoms with Crippen LogP contribution in [0, 0.1) is 0 Å². The van der Waals surface area contributed by atoms with E-state index in [0.29, 0.717) is 5.95 Å². The van der Waals surface area contributed by atoms with E-state index in [1.54, 1.807) is 0 Å². The van der Waals surface area contributed by atoms with Crippen LogP contribution in [0.1, 0.15) is 109 Å². The number of H-pyrrole nitrogens is 1. The van der Waals surface area contributed by atoms with Gasteiger partial charge in [0, 0.05) is 5.69 Å². The van der Waals surface area contributed by atoms with E-state index in [1.165, 1.54) is 102 Å². The number of unbranched alkanes of at least 4 members (excludes halogenated alkanes) is 14. The van der Waals surface area contributed by atoms with Crippen molar-refractivity contribution in [2.24, 2.45) is 0 Å². The summed E-state index contributed by atoms with van der Waals surface area (Å²) in [7, 11) is 0. The van der Waals surface area contributed by atoms with Gasteiger partial charge in [-0.25, -0.2) is 4.98 Å². The monoisotopic (exact) mass is 357 g/mol. The average molecular weight is 358 g/mol. The molecule has 0 bridgehead atoms. The predicted molar refractivity (Wildman–Crippen MR) is 109 cm³/mol. The zero-order chi connectivity index (χ0) is 16.6. The fourth-order valence-corrected chi connectivity index (χ4v) is 3.19. The Bertz CT molecular complexity index is 366. The quantitative estimate of drug-likeness (QED) is 0.318. The molecule has 1 heterocycles. The molecule has 0 radical (unpaired) electrons. The maximum atomic E-state index is 5.57. The van der Waals surface area contributed by atoms with E-state index in [0.717, 1.165) is 6.42 Å². The number of aryl methyl sites for hydroxylation is 1. The van der Waals surface area contributed by atoms with Gasteiger partial charge in [-0.3, -0.25) is 0 Å². The molecule has 0 aliphatic rings. The minimum atomic E-state index is 0. The molecular formula is C20H40ClN3. The van der Waals surface area contributed by atoms with Crippen molar-refractivity contribution in [3.05, 3.63) is 11.9 Å². The largest absolute Gasteiger partial charge is 0.369 e. The van der Waals surface area contributed by atoms with Gasteiger partial charge >= 0.3 is 0 Å². The number of imidazole rings is 1. The first-order chi connectivity index (χ1) is 11.3. The van der Waals surface area contributed by atoms with Crippen LogP contribution >= 0.6 is 12.4 Å². The van der Waals surface area contributed by atoms with Crippen LogP contribution < -0.4 is 5.73 Å². The van der Waals surface area contributed by atoms with Gasteiger partial charge in [0.2, 0.25) is 0 Å². The maximum absolute atomic E-state index is 5.57. The maximum Gasteiger partial charge on any atom is 0.197 e. The number of hydrogen-bond donors (Lipinski definition) is 2. The molecule has 0 aromatic carbocycles. The molecule has 1 rings (SSSR count). The Balaban J connectivity index is 0.00000529. The van der Waals surface area contributed by atoms with Crippen molar-refractivity contribution in [2.45, 2.75) is 110 Å².